The van der Waals surface area contributed by atoms with Crippen molar-refractivity contribution in [3.05, 3.63) is 66.0 Å². The quantitative estimate of drug-likeness (QED) is 0.351. The van der Waals surface area contributed by atoms with E-state index in [1.165, 1.54) is 0 Å². The first kappa shape index (κ1) is 22.2. The maximum absolute atomic E-state index is 6.34. The largest absolute Gasteiger partial charge is 0.382 e. The number of nitrogens with zero attached hydrogens (tertiary/aromatic N) is 3. The highest BCUT2D eigenvalue weighted by Gasteiger charge is 2.24. The van der Waals surface area contributed by atoms with Crippen LogP contribution >= 0.6 is 12.2 Å². The van der Waals surface area contributed by atoms with Crippen LogP contribution in [0.1, 0.15) is 45.0 Å². The summed E-state index contributed by atoms with van der Waals surface area (Å²) in [7, 11) is 0. The minimum absolute atomic E-state index is 0.0629. The molecule has 0 unspecified atom stereocenters. The Labute approximate surface area is 195 Å². The lowest BCUT2D eigenvalue weighted by Gasteiger charge is -2.28. The van der Waals surface area contributed by atoms with Gasteiger partial charge in [-0.3, -0.25) is 0 Å². The molecule has 0 bridgehead atoms. The fourth-order valence-electron chi connectivity index (χ4n) is 4.10. The summed E-state index contributed by atoms with van der Waals surface area (Å²) in [6, 6.07) is 18.3. The van der Waals surface area contributed by atoms with E-state index in [0.717, 1.165) is 70.7 Å². The van der Waals surface area contributed by atoms with Crippen molar-refractivity contribution in [2.24, 2.45) is 5.41 Å². The zero-order valence-electron chi connectivity index (χ0n) is 19.1. The Balaban J connectivity index is 1.69. The number of anilines is 1. The number of imidazole rings is 1. The molecule has 0 aliphatic rings. The molecule has 2 heterocycles. The number of fused-ring (bicyclic) bond motifs is 3. The smallest absolute Gasteiger partial charge is 0.152 e. The topological polar surface area (TPSA) is 68.8 Å². The normalized spacial score (nSPS) is 11.8. The monoisotopic (exact) mass is 445 g/mol. The van der Waals surface area contributed by atoms with E-state index in [2.05, 4.69) is 41.7 Å². The number of unbranched alkanes of at least 4 members (excludes halogenated alkanes) is 1. The van der Waals surface area contributed by atoms with Crippen molar-refractivity contribution >= 4 is 45.0 Å². The first-order valence-electron chi connectivity index (χ1n) is 11.3. The van der Waals surface area contributed by atoms with Crippen molar-refractivity contribution in [3.8, 4) is 0 Å². The van der Waals surface area contributed by atoms with Gasteiger partial charge in [0.15, 0.2) is 5.82 Å². The Morgan fingerprint density at radius 3 is 2.53 bits per heavy atom. The second-order valence-electron chi connectivity index (χ2n) is 9.14. The fourth-order valence-corrected chi connectivity index (χ4v) is 4.30. The summed E-state index contributed by atoms with van der Waals surface area (Å²) in [5.74, 6) is 1.57. The zero-order valence-corrected chi connectivity index (χ0v) is 19.9. The Kier molecular flexibility index (Phi) is 6.42. The van der Waals surface area contributed by atoms with Crippen molar-refractivity contribution in [2.45, 2.75) is 46.6 Å². The molecular weight excluding hydrogens is 414 g/mol. The van der Waals surface area contributed by atoms with Crippen molar-refractivity contribution in [1.82, 2.24) is 19.9 Å². The number of nitrogen functional groups attached to an aromatic ring is 1. The van der Waals surface area contributed by atoms with E-state index < -0.39 is 0 Å². The first-order valence-corrected chi connectivity index (χ1v) is 11.7. The lowest BCUT2D eigenvalue weighted by molar-refractivity contribution is 0.305. The van der Waals surface area contributed by atoms with Crippen molar-refractivity contribution in [3.63, 3.8) is 0 Å². The molecule has 0 amide bonds. The van der Waals surface area contributed by atoms with Crippen LogP contribution < -0.4 is 11.1 Å². The third-order valence-corrected chi connectivity index (χ3v) is 6.17. The van der Waals surface area contributed by atoms with Gasteiger partial charge >= 0.3 is 0 Å². The third-order valence-electron chi connectivity index (χ3n) is 5.79. The molecule has 0 fully saturated rings. The van der Waals surface area contributed by atoms with Crippen LogP contribution in [-0.2, 0) is 13.0 Å². The maximum Gasteiger partial charge on any atom is 0.152 e. The number of nitrogens with one attached hydrogen (secondary N) is 1. The maximum atomic E-state index is 6.34. The van der Waals surface area contributed by atoms with Crippen LogP contribution in [-0.4, -0.2) is 26.1 Å². The van der Waals surface area contributed by atoms with Gasteiger partial charge in [-0.15, -0.1) is 0 Å². The number of rotatable bonds is 8. The molecule has 0 radical (unpaired) electrons. The van der Waals surface area contributed by atoms with Crippen LogP contribution in [0.4, 0.5) is 5.82 Å². The molecule has 3 N–H and O–H groups in total. The van der Waals surface area contributed by atoms with Crippen LogP contribution in [0.2, 0.25) is 0 Å². The number of benzene rings is 2. The average Bonchev–Trinajstić information content (AvgIpc) is 3.15. The van der Waals surface area contributed by atoms with E-state index >= 15 is 0 Å². The molecule has 0 aliphatic heterocycles. The predicted octanol–water partition coefficient (Wildman–Crippen LogP) is 5.50. The SMILES string of the molecule is CCCCc1nc2c(N)nc3ccccc3c2n1CC(C)(C)CNC(=S)c1ccccc1. The molecule has 32 heavy (non-hydrogen) atoms. The average molecular weight is 446 g/mol. The van der Waals surface area contributed by atoms with Crippen molar-refractivity contribution in [1.29, 1.82) is 0 Å². The summed E-state index contributed by atoms with van der Waals surface area (Å²) in [5, 5.41) is 4.56. The minimum Gasteiger partial charge on any atom is -0.382 e. The molecule has 0 aliphatic carbocycles. The van der Waals surface area contributed by atoms with Gasteiger partial charge in [0.05, 0.1) is 11.0 Å². The zero-order chi connectivity index (χ0) is 22.7. The molecule has 5 nitrogen and oxygen atoms in total. The summed E-state index contributed by atoms with van der Waals surface area (Å²) in [6.45, 7) is 8.29. The number of aromatic nitrogens is 3. The molecule has 6 heteroatoms. The predicted molar refractivity (Wildman–Crippen MR) is 138 cm³/mol. The van der Waals surface area contributed by atoms with Crippen LogP contribution in [0.25, 0.3) is 21.9 Å². The van der Waals surface area contributed by atoms with Crippen LogP contribution in [0.3, 0.4) is 0 Å². The van der Waals surface area contributed by atoms with Gasteiger partial charge in [-0.05, 0) is 17.9 Å². The van der Waals surface area contributed by atoms with Gasteiger partial charge in [0.1, 0.15) is 16.3 Å². The summed E-state index contributed by atoms with van der Waals surface area (Å²) < 4.78 is 2.36. The van der Waals surface area contributed by atoms with Gasteiger partial charge in [0.25, 0.3) is 0 Å². The molecule has 0 atom stereocenters. The second kappa shape index (κ2) is 9.25. The van der Waals surface area contributed by atoms with E-state index in [0.29, 0.717) is 5.82 Å². The number of aryl methyl sites for hydroxylation is 1. The lowest BCUT2D eigenvalue weighted by atomic mass is 9.92. The van der Waals surface area contributed by atoms with Crippen molar-refractivity contribution in [2.75, 3.05) is 12.3 Å². The van der Waals surface area contributed by atoms with E-state index in [1.807, 2.05) is 48.5 Å². The Bertz CT molecular complexity index is 1240. The summed E-state index contributed by atoms with van der Waals surface area (Å²) in [5.41, 5.74) is 10.1. The standard InChI is InChI=1S/C26H31N5S/c1-4-5-15-21-30-22-23(19-13-9-10-14-20(19)29-24(22)27)31(21)17-26(2,3)16-28-25(32)18-11-7-6-8-12-18/h6-14H,4-5,15-17H2,1-3H3,(H2,27,29)(H,28,32). The third kappa shape index (κ3) is 4.60. The van der Waals surface area contributed by atoms with Gasteiger partial charge in [0.2, 0.25) is 0 Å². The molecule has 2 aromatic carbocycles. The lowest BCUT2D eigenvalue weighted by Crippen LogP contribution is -2.36. The molecule has 166 valence electrons. The van der Waals surface area contributed by atoms with Gasteiger partial charge in [-0.2, -0.15) is 0 Å². The number of nitrogens with two attached hydrogens (primary N) is 1. The summed E-state index contributed by atoms with van der Waals surface area (Å²) >= 11 is 5.62. The Hall–Kier alpha value is -2.99. The first-order chi connectivity index (χ1) is 15.4. The van der Waals surface area contributed by atoms with Gasteiger partial charge < -0.3 is 15.6 Å². The molecule has 0 spiro atoms. The molecule has 4 aromatic rings. The second-order valence-corrected chi connectivity index (χ2v) is 9.55. The molecule has 4 rings (SSSR count). The van der Waals surface area contributed by atoms with Crippen LogP contribution in [0.15, 0.2) is 54.6 Å². The Morgan fingerprint density at radius 1 is 1.06 bits per heavy atom. The molecule has 0 saturated carbocycles. The fraction of sp³-hybridized carbons (Fsp3) is 0.346. The van der Waals surface area contributed by atoms with Gasteiger partial charge in [-0.25, -0.2) is 9.97 Å². The highest BCUT2D eigenvalue weighted by atomic mass is 32.1. The van der Waals surface area contributed by atoms with E-state index in [1.54, 1.807) is 0 Å². The van der Waals surface area contributed by atoms with Gasteiger partial charge in [-0.1, -0.05) is 87.9 Å². The van der Waals surface area contributed by atoms with E-state index in [-0.39, 0.29) is 5.41 Å². The highest BCUT2D eigenvalue weighted by molar-refractivity contribution is 7.80. The number of pyridine rings is 1. The molecule has 2 aromatic heterocycles. The van der Waals surface area contributed by atoms with E-state index in [9.17, 15) is 0 Å². The van der Waals surface area contributed by atoms with Gasteiger partial charge in [0, 0.05) is 30.5 Å². The number of thiocarbonyl (C=S) groups is 1. The molecular formula is C26H31N5S. The van der Waals surface area contributed by atoms with Crippen LogP contribution in [0.5, 0.6) is 0 Å². The minimum atomic E-state index is -0.0629. The van der Waals surface area contributed by atoms with Crippen molar-refractivity contribution < 1.29 is 0 Å². The Morgan fingerprint density at radius 2 is 1.78 bits per heavy atom. The summed E-state index contributed by atoms with van der Waals surface area (Å²) in [6.07, 6.45) is 3.13. The number of hydrogen-bond donors (Lipinski definition) is 2. The van der Waals surface area contributed by atoms with Crippen LogP contribution in [0, 0.1) is 5.41 Å². The highest BCUT2D eigenvalue weighted by Crippen LogP contribution is 2.31. The molecule has 0 saturated heterocycles. The number of hydrogen-bond acceptors (Lipinski definition) is 4. The van der Waals surface area contributed by atoms with E-state index in [4.69, 9.17) is 22.9 Å². The number of para-hydroxylation sites is 1. The summed E-state index contributed by atoms with van der Waals surface area (Å²) in [4.78, 5) is 10.3.